The number of carbonyl (C=O) groups excluding carboxylic acids is 1. The summed E-state index contributed by atoms with van der Waals surface area (Å²) in [6.45, 7) is 4.74. The van der Waals surface area contributed by atoms with Gasteiger partial charge in [0.25, 0.3) is 0 Å². The Morgan fingerprint density at radius 2 is 2.44 bits per heavy atom. The molecule has 0 aliphatic carbocycles. The van der Waals surface area contributed by atoms with E-state index in [9.17, 15) is 10.1 Å². The molecule has 3 atom stereocenters. The van der Waals surface area contributed by atoms with E-state index in [2.05, 4.69) is 27.9 Å². The lowest BCUT2D eigenvalue weighted by atomic mass is 9.90. The van der Waals surface area contributed by atoms with Crippen LogP contribution in [0.2, 0.25) is 0 Å². The van der Waals surface area contributed by atoms with Gasteiger partial charge in [-0.05, 0) is 18.4 Å². The number of aromatic nitrogens is 2. The molecule has 4 rings (SSSR count). The molecule has 1 unspecified atom stereocenters. The van der Waals surface area contributed by atoms with Crippen molar-refractivity contribution in [3.63, 3.8) is 0 Å². The van der Waals surface area contributed by atoms with E-state index in [-0.39, 0.29) is 6.04 Å². The highest BCUT2D eigenvalue weighted by Gasteiger charge is 2.36. The van der Waals surface area contributed by atoms with Crippen molar-refractivity contribution in [1.82, 2.24) is 14.9 Å². The van der Waals surface area contributed by atoms with Gasteiger partial charge in [0.2, 0.25) is 0 Å². The van der Waals surface area contributed by atoms with Crippen LogP contribution in [0.3, 0.4) is 0 Å². The van der Waals surface area contributed by atoms with E-state index in [1.165, 1.54) is 0 Å². The number of likely N-dealkylation sites (tertiary alicyclic amines) is 1. The second-order valence-corrected chi connectivity index (χ2v) is 6.86. The Kier molecular flexibility index (Phi) is 4.15. The number of nitrogens with zero attached hydrogens (tertiary/aromatic N) is 4. The molecule has 0 radical (unpaired) electrons. The van der Waals surface area contributed by atoms with Crippen molar-refractivity contribution in [2.75, 3.05) is 24.7 Å². The molecule has 1 fully saturated rings. The molecule has 2 aromatic heterocycles. The van der Waals surface area contributed by atoms with E-state index in [1.807, 2.05) is 23.4 Å². The van der Waals surface area contributed by atoms with Gasteiger partial charge in [0.15, 0.2) is 12.3 Å². The number of aldehydes is 1. The zero-order valence-electron chi connectivity index (χ0n) is 14.2. The first-order valence-electron chi connectivity index (χ1n) is 8.61. The first kappa shape index (κ1) is 16.1. The fourth-order valence-corrected chi connectivity index (χ4v) is 3.99. The first-order chi connectivity index (χ1) is 12.2. The molecule has 1 saturated heterocycles. The van der Waals surface area contributed by atoms with Gasteiger partial charge >= 0.3 is 0 Å². The van der Waals surface area contributed by atoms with E-state index in [0.29, 0.717) is 25.8 Å². The number of rotatable bonds is 3. The number of nitriles is 1. The molecule has 0 aromatic carbocycles. The van der Waals surface area contributed by atoms with Gasteiger partial charge in [-0.1, -0.05) is 6.92 Å². The van der Waals surface area contributed by atoms with Crippen LogP contribution in [0, 0.1) is 17.2 Å². The van der Waals surface area contributed by atoms with Crippen LogP contribution in [0.25, 0.3) is 11.0 Å². The molecule has 0 spiro atoms. The highest BCUT2D eigenvalue weighted by atomic mass is 16.5. The number of hydrogen-bond donors (Lipinski definition) is 1. The molecule has 0 amide bonds. The van der Waals surface area contributed by atoms with Crippen LogP contribution in [-0.2, 0) is 16.1 Å². The normalized spacial score (nSPS) is 25.4. The van der Waals surface area contributed by atoms with Gasteiger partial charge in [-0.15, -0.1) is 0 Å². The third-order valence-corrected chi connectivity index (χ3v) is 5.41. The van der Waals surface area contributed by atoms with Crippen LogP contribution >= 0.6 is 0 Å². The van der Waals surface area contributed by atoms with Gasteiger partial charge < -0.3 is 19.4 Å². The Hall–Kier alpha value is -2.43. The lowest BCUT2D eigenvalue weighted by Crippen LogP contribution is -2.56. The molecule has 7 nitrogen and oxygen atoms in total. The average Bonchev–Trinajstić information content (AvgIpc) is 3.12. The van der Waals surface area contributed by atoms with Crippen molar-refractivity contribution in [3.05, 3.63) is 24.0 Å². The molecule has 7 heteroatoms. The number of fused-ring (bicyclic) bond motifs is 3. The maximum Gasteiger partial charge on any atom is 0.154 e. The summed E-state index contributed by atoms with van der Waals surface area (Å²) in [6.07, 6.45) is 5.46. The number of ether oxygens (including phenoxy) is 1. The van der Waals surface area contributed by atoms with Crippen LogP contribution in [0.5, 0.6) is 0 Å². The topological polar surface area (TPSA) is 85.2 Å². The Morgan fingerprint density at radius 3 is 3.24 bits per heavy atom. The van der Waals surface area contributed by atoms with Crippen LogP contribution in [-0.4, -0.2) is 53.1 Å². The molecular formula is C18H21N5O2. The number of anilines is 1. The minimum Gasteiger partial charge on any atom is -0.356 e. The fraction of sp³-hybridized carbons (Fsp3) is 0.500. The molecule has 25 heavy (non-hydrogen) atoms. The van der Waals surface area contributed by atoms with E-state index in [1.54, 1.807) is 0 Å². The number of carbonyl (C=O) groups is 1. The minimum absolute atomic E-state index is 0.184. The Morgan fingerprint density at radius 1 is 1.56 bits per heavy atom. The number of hydrogen-bond acceptors (Lipinski definition) is 6. The highest BCUT2D eigenvalue weighted by molar-refractivity contribution is 5.92. The van der Waals surface area contributed by atoms with Gasteiger partial charge in [-0.3, -0.25) is 4.90 Å². The van der Waals surface area contributed by atoms with Crippen molar-refractivity contribution < 1.29 is 9.53 Å². The van der Waals surface area contributed by atoms with Crippen molar-refractivity contribution >= 4 is 23.0 Å². The van der Waals surface area contributed by atoms with E-state index in [0.717, 1.165) is 41.5 Å². The van der Waals surface area contributed by atoms with E-state index in [4.69, 9.17) is 4.74 Å². The van der Waals surface area contributed by atoms with Gasteiger partial charge in [0, 0.05) is 42.5 Å². The van der Waals surface area contributed by atoms with E-state index >= 15 is 0 Å². The molecule has 2 aromatic rings. The molecule has 4 heterocycles. The molecule has 0 saturated carbocycles. The molecule has 130 valence electrons. The summed E-state index contributed by atoms with van der Waals surface area (Å²) in [4.78, 5) is 23.1. The number of pyridine rings is 1. The monoisotopic (exact) mass is 339 g/mol. The first-order valence-corrected chi connectivity index (χ1v) is 8.61. The van der Waals surface area contributed by atoms with Gasteiger partial charge in [0.1, 0.15) is 12.4 Å². The van der Waals surface area contributed by atoms with E-state index < -0.39 is 6.04 Å². The Bertz CT molecular complexity index is 826. The summed E-state index contributed by atoms with van der Waals surface area (Å²) >= 11 is 0. The van der Waals surface area contributed by atoms with Crippen LogP contribution in [0.4, 0.5) is 5.69 Å². The summed E-state index contributed by atoms with van der Waals surface area (Å²) in [6, 6.07) is 3.66. The average molecular weight is 339 g/mol. The van der Waals surface area contributed by atoms with Gasteiger partial charge in [0.05, 0.1) is 18.4 Å². The third kappa shape index (κ3) is 2.68. The maximum atomic E-state index is 11.2. The number of aromatic amines is 1. The second-order valence-electron chi connectivity index (χ2n) is 6.86. The summed E-state index contributed by atoms with van der Waals surface area (Å²) in [5, 5.41) is 10.3. The highest BCUT2D eigenvalue weighted by Crippen LogP contribution is 2.37. The predicted molar refractivity (Wildman–Crippen MR) is 92.8 cm³/mol. The quantitative estimate of drug-likeness (QED) is 0.856. The Balaban J connectivity index is 1.71. The standard InChI is InChI=1S/C18H21N5O2/c1-12-3-5-22(14(6-19)9-24)8-16(12)23-11-25-10-13-7-21-18-15(17(13)23)2-4-20-18/h2,4,7,9,12,14,16H,3,5,8,10-11H2,1H3,(H,20,21)/t12-,14?,16+/m1/s1. The predicted octanol–water partition coefficient (Wildman–Crippen LogP) is 1.66. The van der Waals surface area contributed by atoms with Crippen molar-refractivity contribution in [2.24, 2.45) is 5.92 Å². The van der Waals surface area contributed by atoms with Crippen LogP contribution in [0.1, 0.15) is 18.9 Å². The molecule has 2 aliphatic rings. The van der Waals surface area contributed by atoms with Crippen molar-refractivity contribution in [1.29, 1.82) is 5.26 Å². The molecule has 2 aliphatic heterocycles. The zero-order chi connectivity index (χ0) is 17.4. The van der Waals surface area contributed by atoms with Crippen LogP contribution < -0.4 is 4.90 Å². The Labute approximate surface area is 146 Å². The fourth-order valence-electron chi connectivity index (χ4n) is 3.99. The van der Waals surface area contributed by atoms with Crippen LogP contribution in [0.15, 0.2) is 18.5 Å². The SMILES string of the molecule is C[C@@H]1CCN(C(C#N)C=O)C[C@@H]1N1COCc2cnc3[nH]ccc3c21. The summed E-state index contributed by atoms with van der Waals surface area (Å²) in [7, 11) is 0. The molecular weight excluding hydrogens is 318 g/mol. The summed E-state index contributed by atoms with van der Waals surface area (Å²) in [5.74, 6) is 0.443. The number of H-pyrrole nitrogens is 1. The third-order valence-electron chi connectivity index (χ3n) is 5.41. The number of piperidine rings is 1. The van der Waals surface area contributed by atoms with Crippen molar-refractivity contribution in [2.45, 2.75) is 32.0 Å². The minimum atomic E-state index is -0.676. The smallest absolute Gasteiger partial charge is 0.154 e. The lowest BCUT2D eigenvalue weighted by Gasteiger charge is -2.46. The lowest BCUT2D eigenvalue weighted by molar-refractivity contribution is -0.111. The maximum absolute atomic E-state index is 11.2. The van der Waals surface area contributed by atoms with Gasteiger partial charge in [-0.2, -0.15) is 5.26 Å². The summed E-state index contributed by atoms with van der Waals surface area (Å²) in [5.41, 5.74) is 3.11. The molecule has 1 N–H and O–H groups in total. The van der Waals surface area contributed by atoms with Gasteiger partial charge in [-0.25, -0.2) is 4.98 Å². The molecule has 0 bridgehead atoms. The number of nitrogens with one attached hydrogen (secondary N) is 1. The zero-order valence-corrected chi connectivity index (χ0v) is 14.2. The summed E-state index contributed by atoms with van der Waals surface area (Å²) < 4.78 is 5.81. The van der Waals surface area contributed by atoms with Crippen molar-refractivity contribution in [3.8, 4) is 6.07 Å². The second kappa shape index (κ2) is 6.47. The largest absolute Gasteiger partial charge is 0.356 e.